The van der Waals surface area contributed by atoms with Crippen molar-refractivity contribution in [1.82, 2.24) is 20.2 Å². The Kier molecular flexibility index (Phi) is 1.58. The van der Waals surface area contributed by atoms with Crippen molar-refractivity contribution in [2.24, 2.45) is 5.73 Å². The molecule has 1 aliphatic carbocycles. The van der Waals surface area contributed by atoms with E-state index >= 15 is 0 Å². The molecule has 2 N–H and O–H groups in total. The second-order valence-corrected chi connectivity index (χ2v) is 2.81. The minimum atomic E-state index is 0.562. The zero-order chi connectivity index (χ0) is 7.68. The van der Waals surface area contributed by atoms with Gasteiger partial charge in [-0.1, -0.05) is 0 Å². The fourth-order valence-electron chi connectivity index (χ4n) is 1.11. The van der Waals surface area contributed by atoms with E-state index in [0.29, 0.717) is 12.6 Å². The van der Waals surface area contributed by atoms with Crippen LogP contribution in [0.4, 0.5) is 0 Å². The first-order valence-electron chi connectivity index (χ1n) is 3.88. The minimum absolute atomic E-state index is 0.562. The van der Waals surface area contributed by atoms with Crippen LogP contribution >= 0.6 is 0 Å². The van der Waals surface area contributed by atoms with Crippen molar-refractivity contribution >= 4 is 0 Å². The van der Waals surface area contributed by atoms with Gasteiger partial charge in [0, 0.05) is 6.42 Å². The standard InChI is InChI=1S/C6H11N5/c7-4-3-6-8-9-10-11(6)5-1-2-5/h5H,1-4,7H2. The Balaban J connectivity index is 2.16. The smallest absolute Gasteiger partial charge is 0.152 e. The zero-order valence-electron chi connectivity index (χ0n) is 6.27. The summed E-state index contributed by atoms with van der Waals surface area (Å²) in [5.74, 6) is 0.926. The lowest BCUT2D eigenvalue weighted by atomic mass is 10.4. The second-order valence-electron chi connectivity index (χ2n) is 2.81. The number of tetrazole rings is 1. The third-order valence-corrected chi connectivity index (χ3v) is 1.82. The highest BCUT2D eigenvalue weighted by molar-refractivity contribution is 4.90. The molecule has 0 aliphatic heterocycles. The molecule has 0 radical (unpaired) electrons. The van der Waals surface area contributed by atoms with E-state index < -0.39 is 0 Å². The Hall–Kier alpha value is -0.970. The first-order valence-corrected chi connectivity index (χ1v) is 3.88. The average molecular weight is 153 g/mol. The summed E-state index contributed by atoms with van der Waals surface area (Å²) >= 11 is 0. The predicted octanol–water partition coefficient (Wildman–Crippen LogP) is -0.491. The van der Waals surface area contributed by atoms with E-state index in [1.54, 1.807) is 0 Å². The SMILES string of the molecule is NCCc1nnnn1C1CC1. The fraction of sp³-hybridized carbons (Fsp3) is 0.833. The van der Waals surface area contributed by atoms with Crippen molar-refractivity contribution in [3.05, 3.63) is 5.82 Å². The summed E-state index contributed by atoms with van der Waals surface area (Å²) < 4.78 is 1.90. The topological polar surface area (TPSA) is 69.6 Å². The molecule has 1 aromatic rings. The molecule has 1 aromatic heterocycles. The van der Waals surface area contributed by atoms with E-state index in [0.717, 1.165) is 12.2 Å². The number of hydrogen-bond donors (Lipinski definition) is 1. The number of nitrogens with two attached hydrogens (primary N) is 1. The lowest BCUT2D eigenvalue weighted by Gasteiger charge is -1.98. The van der Waals surface area contributed by atoms with Gasteiger partial charge >= 0.3 is 0 Å². The van der Waals surface area contributed by atoms with Crippen molar-refractivity contribution in [1.29, 1.82) is 0 Å². The maximum Gasteiger partial charge on any atom is 0.152 e. The highest BCUT2D eigenvalue weighted by Gasteiger charge is 2.27. The molecule has 0 bridgehead atoms. The van der Waals surface area contributed by atoms with Crippen molar-refractivity contribution in [3.63, 3.8) is 0 Å². The molecule has 2 rings (SSSR count). The second kappa shape index (κ2) is 2.58. The zero-order valence-corrected chi connectivity index (χ0v) is 6.27. The summed E-state index contributed by atoms with van der Waals surface area (Å²) in [4.78, 5) is 0. The van der Waals surface area contributed by atoms with Crippen LogP contribution in [0.1, 0.15) is 24.7 Å². The summed E-state index contributed by atoms with van der Waals surface area (Å²) in [6.45, 7) is 0.618. The lowest BCUT2D eigenvalue weighted by Crippen LogP contribution is -2.10. The van der Waals surface area contributed by atoms with Crippen molar-refractivity contribution in [2.45, 2.75) is 25.3 Å². The number of hydrogen-bond acceptors (Lipinski definition) is 4. The van der Waals surface area contributed by atoms with Gasteiger partial charge < -0.3 is 5.73 Å². The quantitative estimate of drug-likeness (QED) is 0.636. The Morgan fingerprint density at radius 2 is 2.36 bits per heavy atom. The largest absolute Gasteiger partial charge is 0.330 e. The number of rotatable bonds is 3. The lowest BCUT2D eigenvalue weighted by molar-refractivity contribution is 0.581. The highest BCUT2D eigenvalue weighted by atomic mass is 15.6. The maximum absolute atomic E-state index is 5.40. The summed E-state index contributed by atoms with van der Waals surface area (Å²) in [6.07, 6.45) is 3.20. The molecule has 1 heterocycles. The summed E-state index contributed by atoms with van der Waals surface area (Å²) in [7, 11) is 0. The van der Waals surface area contributed by atoms with E-state index in [2.05, 4.69) is 15.5 Å². The third kappa shape index (κ3) is 1.23. The average Bonchev–Trinajstić information content (AvgIpc) is 2.75. The molecule has 5 heteroatoms. The number of aromatic nitrogens is 4. The molecule has 60 valence electrons. The molecule has 0 unspecified atom stereocenters. The fourth-order valence-corrected chi connectivity index (χ4v) is 1.11. The Morgan fingerprint density at radius 3 is 3.00 bits per heavy atom. The van der Waals surface area contributed by atoms with Crippen LogP contribution in [0.15, 0.2) is 0 Å². The van der Waals surface area contributed by atoms with E-state index in [1.165, 1.54) is 12.8 Å². The van der Waals surface area contributed by atoms with Gasteiger partial charge in [-0.05, 0) is 29.8 Å². The summed E-state index contributed by atoms with van der Waals surface area (Å²) in [5.41, 5.74) is 5.40. The van der Waals surface area contributed by atoms with Crippen molar-refractivity contribution < 1.29 is 0 Å². The van der Waals surface area contributed by atoms with Crippen LogP contribution in [0.3, 0.4) is 0 Å². The molecule has 0 aromatic carbocycles. The van der Waals surface area contributed by atoms with Crippen LogP contribution < -0.4 is 5.73 Å². The van der Waals surface area contributed by atoms with Crippen LogP contribution in [0.25, 0.3) is 0 Å². The monoisotopic (exact) mass is 153 g/mol. The van der Waals surface area contributed by atoms with Gasteiger partial charge in [-0.15, -0.1) is 5.10 Å². The third-order valence-electron chi connectivity index (χ3n) is 1.82. The van der Waals surface area contributed by atoms with Crippen LogP contribution in [0.2, 0.25) is 0 Å². The van der Waals surface area contributed by atoms with Crippen LogP contribution in [-0.2, 0) is 6.42 Å². The van der Waals surface area contributed by atoms with Gasteiger partial charge in [0.2, 0.25) is 0 Å². The molecule has 0 amide bonds. The normalized spacial score (nSPS) is 17.2. The molecule has 0 spiro atoms. The van der Waals surface area contributed by atoms with Gasteiger partial charge in [0.1, 0.15) is 0 Å². The van der Waals surface area contributed by atoms with E-state index in [9.17, 15) is 0 Å². The Morgan fingerprint density at radius 1 is 1.55 bits per heavy atom. The number of nitrogens with zero attached hydrogens (tertiary/aromatic N) is 4. The van der Waals surface area contributed by atoms with E-state index in [1.807, 2.05) is 4.68 Å². The highest BCUT2D eigenvalue weighted by Crippen LogP contribution is 2.34. The minimum Gasteiger partial charge on any atom is -0.330 e. The van der Waals surface area contributed by atoms with Crippen molar-refractivity contribution in [2.75, 3.05) is 6.54 Å². The van der Waals surface area contributed by atoms with E-state index in [4.69, 9.17) is 5.73 Å². The van der Waals surface area contributed by atoms with Crippen LogP contribution in [0, 0.1) is 0 Å². The van der Waals surface area contributed by atoms with Crippen molar-refractivity contribution in [3.8, 4) is 0 Å². The van der Waals surface area contributed by atoms with Gasteiger partial charge in [-0.25, -0.2) is 4.68 Å². The Labute approximate surface area is 64.6 Å². The molecule has 1 fully saturated rings. The Bertz CT molecular complexity index is 239. The summed E-state index contributed by atoms with van der Waals surface area (Å²) in [6, 6.07) is 0.562. The van der Waals surface area contributed by atoms with Crippen LogP contribution in [-0.4, -0.2) is 26.8 Å². The first kappa shape index (κ1) is 6.72. The van der Waals surface area contributed by atoms with Gasteiger partial charge in [-0.2, -0.15) is 0 Å². The molecule has 0 saturated heterocycles. The maximum atomic E-state index is 5.40. The molecule has 5 nitrogen and oxygen atoms in total. The summed E-state index contributed by atoms with van der Waals surface area (Å²) in [5, 5.41) is 11.4. The van der Waals surface area contributed by atoms with Crippen LogP contribution in [0.5, 0.6) is 0 Å². The predicted molar refractivity (Wildman–Crippen MR) is 38.8 cm³/mol. The van der Waals surface area contributed by atoms with Gasteiger partial charge in [0.25, 0.3) is 0 Å². The first-order chi connectivity index (χ1) is 5.42. The van der Waals surface area contributed by atoms with E-state index in [-0.39, 0.29) is 0 Å². The van der Waals surface area contributed by atoms with Gasteiger partial charge in [0.15, 0.2) is 5.82 Å². The van der Waals surface area contributed by atoms with Gasteiger partial charge in [0.05, 0.1) is 6.04 Å². The molecule has 11 heavy (non-hydrogen) atoms. The molecular formula is C6H11N5. The molecule has 1 saturated carbocycles. The molecule has 0 atom stereocenters. The molecular weight excluding hydrogens is 142 g/mol. The van der Waals surface area contributed by atoms with Gasteiger partial charge in [-0.3, -0.25) is 0 Å². The molecule has 1 aliphatic rings.